The molecule has 130 valence electrons. The molecule has 1 aromatic carbocycles. The van der Waals surface area contributed by atoms with Crippen LogP contribution in [-0.4, -0.2) is 26.2 Å². The SMILES string of the molecule is CCNC(=NCc1sccc1C)Nc1ccc(OCC)c(OC)c1. The van der Waals surface area contributed by atoms with Gasteiger partial charge in [0, 0.05) is 23.2 Å². The molecule has 0 spiro atoms. The van der Waals surface area contributed by atoms with Gasteiger partial charge in [0.2, 0.25) is 0 Å². The zero-order valence-electron chi connectivity index (χ0n) is 14.7. The lowest BCUT2D eigenvalue weighted by atomic mass is 10.2. The second-order valence-corrected chi connectivity index (χ2v) is 6.15. The number of aliphatic imine (C=N–C) groups is 1. The number of anilines is 1. The monoisotopic (exact) mass is 347 g/mol. The fourth-order valence-electron chi connectivity index (χ4n) is 2.18. The van der Waals surface area contributed by atoms with Gasteiger partial charge in [-0.25, -0.2) is 4.99 Å². The van der Waals surface area contributed by atoms with Crippen LogP contribution in [0.15, 0.2) is 34.6 Å². The number of aryl methyl sites for hydroxylation is 1. The fraction of sp³-hybridized carbons (Fsp3) is 0.389. The highest BCUT2D eigenvalue weighted by Crippen LogP contribution is 2.30. The van der Waals surface area contributed by atoms with E-state index in [9.17, 15) is 0 Å². The van der Waals surface area contributed by atoms with E-state index < -0.39 is 0 Å². The van der Waals surface area contributed by atoms with Gasteiger partial charge in [-0.3, -0.25) is 0 Å². The Balaban J connectivity index is 2.13. The number of ether oxygens (including phenoxy) is 2. The molecule has 2 rings (SSSR count). The molecule has 24 heavy (non-hydrogen) atoms. The minimum Gasteiger partial charge on any atom is -0.493 e. The molecule has 0 bridgehead atoms. The molecule has 6 heteroatoms. The van der Waals surface area contributed by atoms with E-state index in [0.717, 1.165) is 23.9 Å². The molecule has 0 fully saturated rings. The van der Waals surface area contributed by atoms with Gasteiger partial charge in [-0.2, -0.15) is 0 Å². The first kappa shape index (κ1) is 18.1. The molecule has 2 N–H and O–H groups in total. The lowest BCUT2D eigenvalue weighted by molar-refractivity contribution is 0.311. The van der Waals surface area contributed by atoms with Gasteiger partial charge in [-0.05, 0) is 49.9 Å². The first-order chi connectivity index (χ1) is 11.7. The Morgan fingerprint density at radius 3 is 2.67 bits per heavy atom. The minimum absolute atomic E-state index is 0.605. The van der Waals surface area contributed by atoms with Gasteiger partial charge in [0.25, 0.3) is 0 Å². The highest BCUT2D eigenvalue weighted by atomic mass is 32.1. The number of hydrogen-bond donors (Lipinski definition) is 2. The zero-order valence-corrected chi connectivity index (χ0v) is 15.5. The van der Waals surface area contributed by atoms with Crippen LogP contribution in [0.25, 0.3) is 0 Å². The quantitative estimate of drug-likeness (QED) is 0.586. The molecule has 0 aliphatic rings. The van der Waals surface area contributed by atoms with Crippen LogP contribution in [0.4, 0.5) is 5.69 Å². The van der Waals surface area contributed by atoms with E-state index in [4.69, 9.17) is 9.47 Å². The summed E-state index contributed by atoms with van der Waals surface area (Å²) in [6.07, 6.45) is 0. The van der Waals surface area contributed by atoms with Crippen LogP contribution in [0, 0.1) is 6.92 Å². The number of rotatable bonds is 7. The van der Waals surface area contributed by atoms with Gasteiger partial charge in [0.15, 0.2) is 17.5 Å². The summed E-state index contributed by atoms with van der Waals surface area (Å²) in [6.45, 7) is 8.17. The maximum Gasteiger partial charge on any atom is 0.196 e. The lowest BCUT2D eigenvalue weighted by Gasteiger charge is -2.14. The van der Waals surface area contributed by atoms with Gasteiger partial charge < -0.3 is 20.1 Å². The summed E-state index contributed by atoms with van der Waals surface area (Å²) in [6, 6.07) is 7.88. The number of nitrogens with one attached hydrogen (secondary N) is 2. The summed E-state index contributed by atoms with van der Waals surface area (Å²) < 4.78 is 10.9. The first-order valence-electron chi connectivity index (χ1n) is 8.07. The molecule has 1 aromatic heterocycles. The first-order valence-corrected chi connectivity index (χ1v) is 8.95. The van der Waals surface area contributed by atoms with Gasteiger partial charge in [0.05, 0.1) is 20.3 Å². The standard InChI is InChI=1S/C18H25N3O2S/c1-5-19-18(20-12-17-13(3)9-10-24-17)21-14-7-8-15(23-6-2)16(11-14)22-4/h7-11H,5-6,12H2,1-4H3,(H2,19,20,21). The van der Waals surface area contributed by atoms with Crippen molar-refractivity contribution in [1.82, 2.24) is 5.32 Å². The molecule has 1 heterocycles. The molecule has 0 aliphatic heterocycles. The molecule has 0 saturated carbocycles. The van der Waals surface area contributed by atoms with Gasteiger partial charge in [-0.15, -0.1) is 11.3 Å². The smallest absolute Gasteiger partial charge is 0.196 e. The van der Waals surface area contributed by atoms with Crippen molar-refractivity contribution in [2.45, 2.75) is 27.3 Å². The fourth-order valence-corrected chi connectivity index (χ4v) is 3.01. The molecule has 0 atom stereocenters. The normalized spacial score (nSPS) is 11.2. The number of thiophene rings is 1. The Bertz CT molecular complexity index is 683. The Labute approximate surface area is 147 Å². The molecule has 2 aromatic rings. The predicted molar refractivity (Wildman–Crippen MR) is 102 cm³/mol. The molecule has 0 saturated heterocycles. The maximum absolute atomic E-state index is 5.55. The number of hydrogen-bond acceptors (Lipinski definition) is 4. The van der Waals surface area contributed by atoms with Gasteiger partial charge in [-0.1, -0.05) is 0 Å². The summed E-state index contributed by atoms with van der Waals surface area (Å²) in [7, 11) is 1.64. The molecule has 0 unspecified atom stereocenters. The molecule has 0 radical (unpaired) electrons. The van der Waals surface area contributed by atoms with Crippen molar-refractivity contribution >= 4 is 23.0 Å². The van der Waals surface area contributed by atoms with E-state index in [-0.39, 0.29) is 0 Å². The van der Waals surface area contributed by atoms with Crippen molar-refractivity contribution in [1.29, 1.82) is 0 Å². The summed E-state index contributed by atoms with van der Waals surface area (Å²) >= 11 is 1.73. The van der Waals surface area contributed by atoms with Crippen molar-refractivity contribution in [3.05, 3.63) is 40.1 Å². The Morgan fingerprint density at radius 1 is 1.21 bits per heavy atom. The number of benzene rings is 1. The van der Waals surface area contributed by atoms with Gasteiger partial charge >= 0.3 is 0 Å². The third-order valence-corrected chi connectivity index (χ3v) is 4.43. The second-order valence-electron chi connectivity index (χ2n) is 5.15. The third-order valence-electron chi connectivity index (χ3n) is 3.42. The summed E-state index contributed by atoms with van der Waals surface area (Å²) in [5.41, 5.74) is 2.18. The van der Waals surface area contributed by atoms with E-state index in [0.29, 0.717) is 18.9 Å². The molecular formula is C18H25N3O2S. The molecule has 0 amide bonds. The van der Waals surface area contributed by atoms with Crippen LogP contribution in [0.1, 0.15) is 24.3 Å². The minimum atomic E-state index is 0.605. The second kappa shape index (κ2) is 9.17. The van der Waals surface area contributed by atoms with Crippen LogP contribution in [-0.2, 0) is 6.54 Å². The van der Waals surface area contributed by atoms with Crippen LogP contribution in [0.2, 0.25) is 0 Å². The summed E-state index contributed by atoms with van der Waals surface area (Å²) in [4.78, 5) is 5.93. The summed E-state index contributed by atoms with van der Waals surface area (Å²) in [5, 5.41) is 8.67. The zero-order chi connectivity index (χ0) is 17.4. The molecular weight excluding hydrogens is 322 g/mol. The van der Waals surface area contributed by atoms with E-state index in [1.165, 1.54) is 10.4 Å². The summed E-state index contributed by atoms with van der Waals surface area (Å²) in [5.74, 6) is 2.19. The Kier molecular flexibility index (Phi) is 6.93. The molecule has 5 nitrogen and oxygen atoms in total. The van der Waals surface area contributed by atoms with E-state index in [2.05, 4.69) is 34.0 Å². The highest BCUT2D eigenvalue weighted by molar-refractivity contribution is 7.10. The van der Waals surface area contributed by atoms with Gasteiger partial charge in [0.1, 0.15) is 0 Å². The average Bonchev–Trinajstić information content (AvgIpc) is 2.99. The highest BCUT2D eigenvalue weighted by Gasteiger charge is 2.07. The maximum atomic E-state index is 5.55. The number of methoxy groups -OCH3 is 1. The van der Waals surface area contributed by atoms with Crippen LogP contribution in [0.3, 0.4) is 0 Å². The van der Waals surface area contributed by atoms with Crippen molar-refractivity contribution in [3.63, 3.8) is 0 Å². The third kappa shape index (κ3) is 4.89. The Morgan fingerprint density at radius 2 is 2.04 bits per heavy atom. The van der Waals surface area contributed by atoms with Crippen molar-refractivity contribution < 1.29 is 9.47 Å². The van der Waals surface area contributed by atoms with Crippen LogP contribution in [0.5, 0.6) is 11.5 Å². The van der Waals surface area contributed by atoms with Crippen molar-refractivity contribution in [2.75, 3.05) is 25.6 Å². The van der Waals surface area contributed by atoms with Crippen molar-refractivity contribution in [3.8, 4) is 11.5 Å². The Hall–Kier alpha value is -2.21. The largest absolute Gasteiger partial charge is 0.493 e. The predicted octanol–water partition coefficient (Wildman–Crippen LogP) is 4.04. The van der Waals surface area contributed by atoms with Crippen molar-refractivity contribution in [2.24, 2.45) is 4.99 Å². The average molecular weight is 347 g/mol. The van der Waals surface area contributed by atoms with Crippen LogP contribution < -0.4 is 20.1 Å². The number of guanidine groups is 1. The van der Waals surface area contributed by atoms with E-state index in [1.54, 1.807) is 18.4 Å². The lowest BCUT2D eigenvalue weighted by Crippen LogP contribution is -2.30. The van der Waals surface area contributed by atoms with Crippen LogP contribution >= 0.6 is 11.3 Å². The van der Waals surface area contributed by atoms with E-state index in [1.807, 2.05) is 32.0 Å². The van der Waals surface area contributed by atoms with E-state index >= 15 is 0 Å². The molecule has 0 aliphatic carbocycles. The number of nitrogens with zero attached hydrogens (tertiary/aromatic N) is 1. The topological polar surface area (TPSA) is 54.9 Å².